The highest BCUT2D eigenvalue weighted by atomic mass is 16.5. The molecule has 3 N–H and O–H groups in total. The van der Waals surface area contributed by atoms with Crippen LogP contribution in [0.5, 0.6) is 0 Å². The average Bonchev–Trinajstić information content (AvgIpc) is 2.83. The van der Waals surface area contributed by atoms with Gasteiger partial charge in [-0.3, -0.25) is 5.43 Å². The fraction of sp³-hybridized carbons (Fsp3) is 0.909. The summed E-state index contributed by atoms with van der Waals surface area (Å²) in [5, 5.41) is 0. The van der Waals surface area contributed by atoms with E-state index in [0.717, 1.165) is 32.0 Å². The zero-order valence-electron chi connectivity index (χ0n) is 10.4. The van der Waals surface area contributed by atoms with Crippen LogP contribution in [-0.2, 0) is 9.47 Å². The number of hydrazine groups is 1. The number of morpholine rings is 1. The number of aliphatic imine (C=N–C) groups is 1. The summed E-state index contributed by atoms with van der Waals surface area (Å²) in [6, 6.07) is 0.432. The van der Waals surface area contributed by atoms with Crippen LogP contribution < -0.4 is 11.3 Å². The van der Waals surface area contributed by atoms with E-state index in [1.165, 1.54) is 6.42 Å². The maximum absolute atomic E-state index is 5.76. The Morgan fingerprint density at radius 1 is 1.59 bits per heavy atom. The summed E-state index contributed by atoms with van der Waals surface area (Å²) in [5.41, 5.74) is 2.71. The van der Waals surface area contributed by atoms with Crippen molar-refractivity contribution in [1.29, 1.82) is 0 Å². The third-order valence-electron chi connectivity index (χ3n) is 3.44. The van der Waals surface area contributed by atoms with Gasteiger partial charge < -0.3 is 14.4 Å². The van der Waals surface area contributed by atoms with Crippen molar-refractivity contribution in [2.75, 3.05) is 33.4 Å². The number of hydrogen-bond acceptors (Lipinski definition) is 4. The molecule has 98 valence electrons. The number of nitrogens with zero attached hydrogens (tertiary/aromatic N) is 2. The van der Waals surface area contributed by atoms with E-state index in [9.17, 15) is 0 Å². The highest BCUT2D eigenvalue weighted by Crippen LogP contribution is 2.29. The highest BCUT2D eigenvalue weighted by molar-refractivity contribution is 5.80. The first-order valence-corrected chi connectivity index (χ1v) is 6.25. The van der Waals surface area contributed by atoms with Crippen molar-refractivity contribution in [3.63, 3.8) is 0 Å². The lowest BCUT2D eigenvalue weighted by Crippen LogP contribution is -2.56. The predicted molar refractivity (Wildman–Crippen MR) is 65.6 cm³/mol. The largest absolute Gasteiger partial charge is 0.383 e. The molecule has 2 fully saturated rings. The van der Waals surface area contributed by atoms with Gasteiger partial charge in [0.2, 0.25) is 5.96 Å². The number of ether oxygens (including phenoxy) is 2. The molecular weight excluding hydrogens is 220 g/mol. The first-order valence-electron chi connectivity index (χ1n) is 6.25. The highest BCUT2D eigenvalue weighted by Gasteiger charge is 2.37. The van der Waals surface area contributed by atoms with Crippen LogP contribution in [-0.4, -0.2) is 56.4 Å². The summed E-state index contributed by atoms with van der Waals surface area (Å²) in [5.74, 6) is 6.33. The maximum Gasteiger partial charge on any atom is 0.208 e. The molecule has 1 saturated carbocycles. The lowest BCUT2D eigenvalue weighted by molar-refractivity contribution is -0.0306. The summed E-state index contributed by atoms with van der Waals surface area (Å²) in [4.78, 5) is 6.69. The Hall–Kier alpha value is -0.850. The summed E-state index contributed by atoms with van der Waals surface area (Å²) in [6.07, 6.45) is 3.89. The zero-order valence-corrected chi connectivity index (χ0v) is 10.4. The molecule has 0 aromatic carbocycles. The molecule has 1 aliphatic heterocycles. The standard InChI is InChI=1S/C11H22N4O2/c1-16-7-5-13-11(14-12)15-6-8-17-10-4-2-3-9(10)15/h9-10H,2-8,12H2,1H3,(H,13,14). The molecule has 0 bridgehead atoms. The summed E-state index contributed by atoms with van der Waals surface area (Å²) < 4.78 is 10.8. The van der Waals surface area contributed by atoms with E-state index in [0.29, 0.717) is 25.3 Å². The fourth-order valence-corrected chi connectivity index (χ4v) is 2.65. The Morgan fingerprint density at radius 3 is 3.24 bits per heavy atom. The minimum Gasteiger partial charge on any atom is -0.383 e. The molecule has 2 unspecified atom stereocenters. The Bertz CT molecular complexity index is 272. The van der Waals surface area contributed by atoms with Crippen molar-refractivity contribution < 1.29 is 9.47 Å². The lowest BCUT2D eigenvalue weighted by atomic mass is 10.1. The molecule has 6 heteroatoms. The van der Waals surface area contributed by atoms with E-state index in [-0.39, 0.29) is 0 Å². The van der Waals surface area contributed by atoms with Gasteiger partial charge >= 0.3 is 0 Å². The molecule has 2 aliphatic rings. The average molecular weight is 242 g/mol. The topological polar surface area (TPSA) is 72.1 Å². The molecule has 0 aromatic rings. The SMILES string of the molecule is COCCN=C(NN)N1CCOC2CCCC21. The van der Waals surface area contributed by atoms with Crippen LogP contribution in [0.3, 0.4) is 0 Å². The van der Waals surface area contributed by atoms with Crippen LogP contribution in [0.25, 0.3) is 0 Å². The number of hydrogen-bond donors (Lipinski definition) is 2. The van der Waals surface area contributed by atoms with Crippen molar-refractivity contribution in [2.45, 2.75) is 31.4 Å². The van der Waals surface area contributed by atoms with E-state index < -0.39 is 0 Å². The van der Waals surface area contributed by atoms with Gasteiger partial charge in [-0.25, -0.2) is 10.8 Å². The molecular formula is C11H22N4O2. The molecule has 0 spiro atoms. The normalized spacial score (nSPS) is 29.3. The predicted octanol–water partition coefficient (Wildman–Crippen LogP) is -0.295. The molecule has 0 amide bonds. The van der Waals surface area contributed by atoms with Crippen molar-refractivity contribution >= 4 is 5.96 Å². The third kappa shape index (κ3) is 2.88. The molecule has 17 heavy (non-hydrogen) atoms. The molecule has 1 aliphatic carbocycles. The molecule has 0 radical (unpaired) electrons. The number of nitrogens with two attached hydrogens (primary N) is 1. The fourth-order valence-electron chi connectivity index (χ4n) is 2.65. The van der Waals surface area contributed by atoms with Crippen molar-refractivity contribution in [3.8, 4) is 0 Å². The van der Waals surface area contributed by atoms with Gasteiger partial charge in [-0.2, -0.15) is 0 Å². The van der Waals surface area contributed by atoms with Crippen LogP contribution in [0.2, 0.25) is 0 Å². The second-order valence-corrected chi connectivity index (χ2v) is 4.44. The summed E-state index contributed by atoms with van der Waals surface area (Å²) in [7, 11) is 1.67. The number of nitrogens with one attached hydrogen (secondary N) is 1. The van der Waals surface area contributed by atoms with E-state index in [4.69, 9.17) is 15.3 Å². The molecule has 2 rings (SSSR count). The molecule has 6 nitrogen and oxygen atoms in total. The molecule has 1 saturated heterocycles. The molecule has 2 atom stereocenters. The maximum atomic E-state index is 5.76. The minimum atomic E-state index is 0.352. The van der Waals surface area contributed by atoms with Crippen molar-refractivity contribution in [1.82, 2.24) is 10.3 Å². The lowest BCUT2D eigenvalue weighted by Gasteiger charge is -2.39. The second kappa shape index (κ2) is 6.18. The Balaban J connectivity index is 1.99. The Labute approximate surface area is 102 Å². The molecule has 0 aromatic heterocycles. The quantitative estimate of drug-likeness (QED) is 0.234. The van der Waals surface area contributed by atoms with E-state index in [2.05, 4.69) is 15.3 Å². The van der Waals surface area contributed by atoms with Gasteiger partial charge in [0, 0.05) is 13.7 Å². The van der Waals surface area contributed by atoms with Crippen LogP contribution in [0.15, 0.2) is 4.99 Å². The van der Waals surface area contributed by atoms with Crippen molar-refractivity contribution in [3.05, 3.63) is 0 Å². The van der Waals surface area contributed by atoms with E-state index in [1.807, 2.05) is 0 Å². The van der Waals surface area contributed by atoms with Crippen molar-refractivity contribution in [2.24, 2.45) is 10.8 Å². The van der Waals surface area contributed by atoms with Gasteiger partial charge in [-0.1, -0.05) is 0 Å². The number of fused-ring (bicyclic) bond motifs is 1. The van der Waals surface area contributed by atoms with E-state index in [1.54, 1.807) is 7.11 Å². The Kier molecular flexibility index (Phi) is 4.58. The third-order valence-corrected chi connectivity index (χ3v) is 3.44. The van der Waals surface area contributed by atoms with Gasteiger partial charge in [-0.15, -0.1) is 0 Å². The van der Waals surface area contributed by atoms with Gasteiger partial charge in [0.15, 0.2) is 0 Å². The zero-order chi connectivity index (χ0) is 12.1. The van der Waals surface area contributed by atoms with Gasteiger partial charge in [0.25, 0.3) is 0 Å². The molecule has 1 heterocycles. The summed E-state index contributed by atoms with van der Waals surface area (Å²) >= 11 is 0. The van der Waals surface area contributed by atoms with Crippen LogP contribution in [0.1, 0.15) is 19.3 Å². The van der Waals surface area contributed by atoms with Crippen LogP contribution >= 0.6 is 0 Å². The summed E-state index contributed by atoms with van der Waals surface area (Å²) in [6.45, 7) is 2.86. The smallest absolute Gasteiger partial charge is 0.208 e. The number of rotatable bonds is 3. The van der Waals surface area contributed by atoms with E-state index >= 15 is 0 Å². The van der Waals surface area contributed by atoms with Gasteiger partial charge in [0.05, 0.1) is 31.9 Å². The van der Waals surface area contributed by atoms with Crippen LogP contribution in [0, 0.1) is 0 Å². The monoisotopic (exact) mass is 242 g/mol. The second-order valence-electron chi connectivity index (χ2n) is 4.44. The minimum absolute atomic E-state index is 0.352. The first-order chi connectivity index (χ1) is 8.36. The van der Waals surface area contributed by atoms with Gasteiger partial charge in [-0.05, 0) is 19.3 Å². The van der Waals surface area contributed by atoms with Crippen LogP contribution in [0.4, 0.5) is 0 Å². The number of guanidine groups is 1. The van der Waals surface area contributed by atoms with Gasteiger partial charge in [0.1, 0.15) is 0 Å². The first kappa shape index (κ1) is 12.6. The Morgan fingerprint density at radius 2 is 2.47 bits per heavy atom. The number of methoxy groups -OCH3 is 1.